The van der Waals surface area contributed by atoms with Crippen LogP contribution in [0.4, 0.5) is 0 Å². The van der Waals surface area contributed by atoms with Crippen LogP contribution in [0.15, 0.2) is 0 Å². The van der Waals surface area contributed by atoms with Crippen molar-refractivity contribution >= 4 is 37.9 Å². The topological polar surface area (TPSA) is 0 Å². The molecule has 78 valence electrons. The Morgan fingerprint density at radius 3 is 0.692 bits per heavy atom. The van der Waals surface area contributed by atoms with Crippen LogP contribution in [0.25, 0.3) is 0 Å². The van der Waals surface area contributed by atoms with Crippen LogP contribution in [0, 0.1) is 35.6 Å². The van der Waals surface area contributed by atoms with Gasteiger partial charge in [-0.05, 0) is 0 Å². The maximum atomic E-state index is 4.55. The zero-order chi connectivity index (χ0) is 10.2. The summed E-state index contributed by atoms with van der Waals surface area (Å²) in [7, 11) is 0. The predicted octanol–water partition coefficient (Wildman–Crippen LogP) is 2.83. The molecule has 0 radical (unpaired) electrons. The van der Waals surface area contributed by atoms with Crippen molar-refractivity contribution in [2.45, 2.75) is 40.0 Å². The van der Waals surface area contributed by atoms with Crippen LogP contribution in [-0.2, 0) is 37.9 Å². The SMILES string of the molecule is CCC[S-].CCC[S-].CCC[S-].[La+3]. The zero-order valence-corrected chi connectivity index (χ0v) is 15.1. The minimum atomic E-state index is 0. The molecule has 0 aromatic heterocycles. The standard InChI is InChI=1S/3C3H8S.La/c3*1-2-3-4;/h3*4H,2-3H2,1H3;/q;;;+3/p-3. The molecule has 0 amide bonds. The molecule has 0 nitrogen and oxygen atoms in total. The molecule has 0 rings (SSSR count). The summed E-state index contributed by atoms with van der Waals surface area (Å²) in [5.41, 5.74) is 0. The summed E-state index contributed by atoms with van der Waals surface area (Å²) in [4.78, 5) is 0. The average molecular weight is 364 g/mol. The molecule has 0 aliphatic heterocycles. The molecule has 0 saturated carbocycles. The molecule has 0 bridgehead atoms. The van der Waals surface area contributed by atoms with E-state index in [2.05, 4.69) is 58.7 Å². The van der Waals surface area contributed by atoms with Crippen molar-refractivity contribution in [1.82, 2.24) is 0 Å². The first kappa shape index (κ1) is 24.5. The van der Waals surface area contributed by atoms with Crippen molar-refractivity contribution in [3.05, 3.63) is 0 Å². The number of rotatable bonds is 3. The Labute approximate surface area is 129 Å². The first-order chi connectivity index (χ1) is 5.74. The van der Waals surface area contributed by atoms with Gasteiger partial charge in [0, 0.05) is 0 Å². The third-order valence-corrected chi connectivity index (χ3v) is 1.84. The molecular formula is C9H21LaS3. The van der Waals surface area contributed by atoms with Crippen LogP contribution in [0.3, 0.4) is 0 Å². The van der Waals surface area contributed by atoms with Crippen molar-refractivity contribution in [1.29, 1.82) is 0 Å². The van der Waals surface area contributed by atoms with E-state index in [1.807, 2.05) is 0 Å². The minimum Gasteiger partial charge on any atom is -0.793 e. The van der Waals surface area contributed by atoms with Crippen molar-refractivity contribution in [2.24, 2.45) is 0 Å². The van der Waals surface area contributed by atoms with Gasteiger partial charge in [-0.1, -0.05) is 40.0 Å². The molecule has 4 heteroatoms. The van der Waals surface area contributed by atoms with E-state index in [1.54, 1.807) is 0 Å². The molecule has 0 aliphatic carbocycles. The van der Waals surface area contributed by atoms with E-state index in [0.717, 1.165) is 36.5 Å². The molecule has 0 aromatic rings. The summed E-state index contributed by atoms with van der Waals surface area (Å²) < 4.78 is 0. The fraction of sp³-hybridized carbons (Fsp3) is 1.00. The first-order valence-corrected chi connectivity index (χ1v) is 6.22. The largest absolute Gasteiger partial charge is 3.00 e. The van der Waals surface area contributed by atoms with E-state index in [9.17, 15) is 0 Å². The predicted molar refractivity (Wildman–Crippen MR) is 67.6 cm³/mol. The van der Waals surface area contributed by atoms with Gasteiger partial charge in [0.15, 0.2) is 0 Å². The van der Waals surface area contributed by atoms with Gasteiger partial charge in [0.1, 0.15) is 0 Å². The van der Waals surface area contributed by atoms with E-state index in [4.69, 9.17) is 0 Å². The Balaban J connectivity index is -0.0000000450. The van der Waals surface area contributed by atoms with Crippen LogP contribution >= 0.6 is 0 Å². The van der Waals surface area contributed by atoms with Gasteiger partial charge in [-0.25, -0.2) is 0 Å². The van der Waals surface area contributed by atoms with E-state index in [-0.39, 0.29) is 35.6 Å². The summed E-state index contributed by atoms with van der Waals surface area (Å²) in [6, 6.07) is 0. The average Bonchev–Trinajstić information content (AvgIpc) is 2.18. The van der Waals surface area contributed by atoms with Gasteiger partial charge < -0.3 is 37.9 Å². The van der Waals surface area contributed by atoms with Crippen LogP contribution in [0.5, 0.6) is 0 Å². The van der Waals surface area contributed by atoms with Crippen molar-refractivity contribution in [3.63, 3.8) is 0 Å². The molecular weight excluding hydrogens is 343 g/mol. The second-order valence-corrected chi connectivity index (χ2v) is 3.34. The van der Waals surface area contributed by atoms with Crippen LogP contribution < -0.4 is 0 Å². The summed E-state index contributed by atoms with van der Waals surface area (Å²) >= 11 is 13.7. The third kappa shape index (κ3) is 77.6. The van der Waals surface area contributed by atoms with Crippen LogP contribution in [0.2, 0.25) is 0 Å². The van der Waals surface area contributed by atoms with Gasteiger partial charge in [0.2, 0.25) is 0 Å². The molecule has 0 aromatic carbocycles. The maximum absolute atomic E-state index is 4.55. The van der Waals surface area contributed by atoms with Gasteiger partial charge in [0.05, 0.1) is 0 Å². The van der Waals surface area contributed by atoms with Crippen LogP contribution in [0.1, 0.15) is 40.0 Å². The van der Waals surface area contributed by atoms with Gasteiger partial charge in [-0.15, -0.1) is 0 Å². The Kier molecular flexibility index (Phi) is 69.2. The third-order valence-electron chi connectivity index (χ3n) is 0.612. The van der Waals surface area contributed by atoms with Crippen LogP contribution in [-0.4, -0.2) is 17.3 Å². The second kappa shape index (κ2) is 36.8. The fourth-order valence-electron chi connectivity index (χ4n) is 0. The van der Waals surface area contributed by atoms with Crippen molar-refractivity contribution < 1.29 is 35.6 Å². The Morgan fingerprint density at radius 2 is 0.692 bits per heavy atom. The van der Waals surface area contributed by atoms with Crippen molar-refractivity contribution in [2.75, 3.05) is 17.3 Å². The quantitative estimate of drug-likeness (QED) is 0.707. The van der Waals surface area contributed by atoms with E-state index in [1.165, 1.54) is 0 Å². The maximum Gasteiger partial charge on any atom is 3.00 e. The molecule has 13 heavy (non-hydrogen) atoms. The first-order valence-electron chi connectivity index (χ1n) is 4.49. The van der Waals surface area contributed by atoms with Gasteiger partial charge in [-0.2, -0.15) is 17.3 Å². The monoisotopic (exact) mass is 364 g/mol. The number of hydrogen-bond acceptors (Lipinski definition) is 3. The van der Waals surface area contributed by atoms with E-state index in [0.29, 0.717) is 0 Å². The molecule has 0 unspecified atom stereocenters. The summed E-state index contributed by atoms with van der Waals surface area (Å²) in [5.74, 6) is 2.71. The van der Waals surface area contributed by atoms with Gasteiger partial charge >= 0.3 is 35.6 Å². The summed E-state index contributed by atoms with van der Waals surface area (Å²) in [5, 5.41) is 0. The fourth-order valence-corrected chi connectivity index (χ4v) is 0. The van der Waals surface area contributed by atoms with E-state index < -0.39 is 0 Å². The molecule has 0 spiro atoms. The molecule has 0 saturated heterocycles. The Morgan fingerprint density at radius 1 is 0.615 bits per heavy atom. The normalized spacial score (nSPS) is 6.92. The Bertz CT molecular complexity index is 30.3. The molecule has 0 aliphatic rings. The summed E-state index contributed by atoms with van der Waals surface area (Å²) in [6.45, 7) is 6.23. The van der Waals surface area contributed by atoms with Gasteiger partial charge in [0.25, 0.3) is 0 Å². The second-order valence-electron chi connectivity index (χ2n) is 2.11. The number of hydrogen-bond donors (Lipinski definition) is 0. The van der Waals surface area contributed by atoms with E-state index >= 15 is 0 Å². The molecule has 0 N–H and O–H groups in total. The smallest absolute Gasteiger partial charge is 0.793 e. The molecule has 0 heterocycles. The zero-order valence-electron chi connectivity index (χ0n) is 9.04. The molecule has 0 fully saturated rings. The summed E-state index contributed by atoms with van der Waals surface area (Å²) in [6.07, 6.45) is 3.40. The Hall–Kier alpha value is 2.24. The van der Waals surface area contributed by atoms with Gasteiger partial charge in [-0.3, -0.25) is 0 Å². The molecule has 0 atom stereocenters. The minimum absolute atomic E-state index is 0. The van der Waals surface area contributed by atoms with Crippen molar-refractivity contribution in [3.8, 4) is 0 Å².